The van der Waals surface area contributed by atoms with Crippen molar-refractivity contribution >= 4 is 11.3 Å². The summed E-state index contributed by atoms with van der Waals surface area (Å²) in [4.78, 5) is 7.82. The molecule has 1 aliphatic rings. The van der Waals surface area contributed by atoms with E-state index in [0.717, 1.165) is 30.6 Å². The number of rotatable bonds is 4. The van der Waals surface area contributed by atoms with Crippen LogP contribution in [0.25, 0.3) is 10.7 Å². The maximum atomic E-state index is 5.95. The van der Waals surface area contributed by atoms with Crippen LogP contribution in [-0.2, 0) is 6.54 Å². The average molecular weight is 292 g/mol. The van der Waals surface area contributed by atoms with Gasteiger partial charge in [0.05, 0.1) is 11.4 Å². The van der Waals surface area contributed by atoms with Crippen LogP contribution >= 0.6 is 11.3 Å². The van der Waals surface area contributed by atoms with Crippen molar-refractivity contribution in [3.63, 3.8) is 0 Å². The molecule has 2 aromatic heterocycles. The van der Waals surface area contributed by atoms with Crippen molar-refractivity contribution in [3.8, 4) is 10.7 Å². The van der Waals surface area contributed by atoms with Crippen molar-refractivity contribution in [2.75, 3.05) is 7.05 Å². The van der Waals surface area contributed by atoms with Gasteiger partial charge in [-0.2, -0.15) is 4.98 Å². The van der Waals surface area contributed by atoms with Crippen molar-refractivity contribution in [1.82, 2.24) is 15.0 Å². The van der Waals surface area contributed by atoms with Gasteiger partial charge in [-0.25, -0.2) is 0 Å². The zero-order chi connectivity index (χ0) is 13.9. The summed E-state index contributed by atoms with van der Waals surface area (Å²) in [5, 5.41) is 6.06. The number of aromatic nitrogens is 2. The van der Waals surface area contributed by atoms with Crippen LogP contribution in [0.1, 0.15) is 31.6 Å². The van der Waals surface area contributed by atoms with Gasteiger partial charge >= 0.3 is 0 Å². The van der Waals surface area contributed by atoms with Crippen LogP contribution < -0.4 is 5.73 Å². The van der Waals surface area contributed by atoms with Gasteiger partial charge in [0.2, 0.25) is 11.7 Å². The van der Waals surface area contributed by atoms with Gasteiger partial charge in [0.15, 0.2) is 0 Å². The Hall–Kier alpha value is -1.24. The van der Waals surface area contributed by atoms with Crippen molar-refractivity contribution in [2.24, 2.45) is 5.73 Å². The quantitative estimate of drug-likeness (QED) is 0.937. The minimum Gasteiger partial charge on any atom is -0.338 e. The molecule has 2 aromatic rings. The SMILES string of the molecule is CN(Cc1nc(-c2cccs2)no1)C1CCC(N)CC1. The van der Waals surface area contributed by atoms with E-state index in [9.17, 15) is 0 Å². The Labute approximate surface area is 122 Å². The molecule has 2 heterocycles. The monoisotopic (exact) mass is 292 g/mol. The van der Waals surface area contributed by atoms with Crippen LogP contribution in [-0.4, -0.2) is 34.2 Å². The molecule has 20 heavy (non-hydrogen) atoms. The van der Waals surface area contributed by atoms with Gasteiger partial charge in [-0.05, 0) is 44.2 Å². The third-order valence-corrected chi connectivity index (χ3v) is 4.82. The molecule has 0 unspecified atom stereocenters. The first-order valence-electron chi connectivity index (χ1n) is 7.04. The first-order valence-corrected chi connectivity index (χ1v) is 7.92. The molecule has 2 N–H and O–H groups in total. The van der Waals surface area contributed by atoms with Crippen molar-refractivity contribution in [3.05, 3.63) is 23.4 Å². The normalized spacial score (nSPS) is 23.4. The smallest absolute Gasteiger partial charge is 0.241 e. The van der Waals surface area contributed by atoms with Crippen molar-refractivity contribution in [1.29, 1.82) is 0 Å². The molecule has 0 atom stereocenters. The molecule has 0 bridgehead atoms. The second-order valence-corrected chi connectivity index (χ2v) is 6.42. The highest BCUT2D eigenvalue weighted by molar-refractivity contribution is 7.13. The number of nitrogens with two attached hydrogens (primary N) is 1. The lowest BCUT2D eigenvalue weighted by molar-refractivity contribution is 0.158. The van der Waals surface area contributed by atoms with Crippen LogP contribution in [0, 0.1) is 0 Å². The summed E-state index contributed by atoms with van der Waals surface area (Å²) in [6, 6.07) is 4.96. The molecule has 0 amide bonds. The average Bonchev–Trinajstić information content (AvgIpc) is 3.09. The Morgan fingerprint density at radius 1 is 1.40 bits per heavy atom. The van der Waals surface area contributed by atoms with Gasteiger partial charge in [0, 0.05) is 12.1 Å². The fourth-order valence-electron chi connectivity index (χ4n) is 2.71. The molecule has 0 aromatic carbocycles. The summed E-state index contributed by atoms with van der Waals surface area (Å²) in [7, 11) is 2.12. The van der Waals surface area contributed by atoms with Crippen LogP contribution in [0.2, 0.25) is 0 Å². The lowest BCUT2D eigenvalue weighted by Crippen LogP contribution is -2.38. The van der Waals surface area contributed by atoms with E-state index in [2.05, 4.69) is 22.1 Å². The predicted molar refractivity (Wildman–Crippen MR) is 79.3 cm³/mol. The van der Waals surface area contributed by atoms with E-state index in [1.54, 1.807) is 11.3 Å². The predicted octanol–water partition coefficient (Wildman–Crippen LogP) is 2.50. The van der Waals surface area contributed by atoms with E-state index >= 15 is 0 Å². The van der Waals surface area contributed by atoms with Gasteiger partial charge in [-0.15, -0.1) is 11.3 Å². The Balaban J connectivity index is 1.60. The maximum absolute atomic E-state index is 5.95. The molecule has 0 aliphatic heterocycles. The Bertz CT molecular complexity index is 531. The fraction of sp³-hybridized carbons (Fsp3) is 0.571. The molecule has 0 radical (unpaired) electrons. The molecule has 6 heteroatoms. The standard InChI is InChI=1S/C14H20N4OS/c1-18(11-6-4-10(15)5-7-11)9-13-16-14(17-19-13)12-3-2-8-20-12/h2-3,8,10-11H,4-7,9,15H2,1H3. The minimum atomic E-state index is 0.383. The Morgan fingerprint density at radius 2 is 2.20 bits per heavy atom. The summed E-state index contributed by atoms with van der Waals surface area (Å²) in [6.07, 6.45) is 4.53. The van der Waals surface area contributed by atoms with Gasteiger partial charge in [-0.1, -0.05) is 11.2 Å². The third-order valence-electron chi connectivity index (χ3n) is 3.96. The lowest BCUT2D eigenvalue weighted by atomic mass is 9.91. The van der Waals surface area contributed by atoms with Gasteiger partial charge in [-0.3, -0.25) is 4.90 Å². The highest BCUT2D eigenvalue weighted by Crippen LogP contribution is 2.24. The first-order chi connectivity index (χ1) is 9.72. The largest absolute Gasteiger partial charge is 0.338 e. The van der Waals surface area contributed by atoms with Crippen LogP contribution in [0.5, 0.6) is 0 Å². The molecule has 1 fully saturated rings. The second kappa shape index (κ2) is 6.03. The van der Waals surface area contributed by atoms with E-state index in [1.807, 2.05) is 17.5 Å². The highest BCUT2D eigenvalue weighted by atomic mass is 32.1. The summed E-state index contributed by atoms with van der Waals surface area (Å²) >= 11 is 1.62. The van der Waals surface area contributed by atoms with Crippen LogP contribution in [0.3, 0.4) is 0 Å². The number of hydrogen-bond acceptors (Lipinski definition) is 6. The Morgan fingerprint density at radius 3 is 2.90 bits per heavy atom. The Kier molecular flexibility index (Phi) is 4.14. The summed E-state index contributed by atoms with van der Waals surface area (Å²) < 4.78 is 5.35. The second-order valence-electron chi connectivity index (χ2n) is 5.47. The molecule has 5 nitrogen and oxygen atoms in total. The topological polar surface area (TPSA) is 68.2 Å². The van der Waals surface area contributed by atoms with E-state index < -0.39 is 0 Å². The highest BCUT2D eigenvalue weighted by Gasteiger charge is 2.23. The van der Waals surface area contributed by atoms with Crippen molar-refractivity contribution in [2.45, 2.75) is 44.3 Å². The molecule has 0 spiro atoms. The minimum absolute atomic E-state index is 0.383. The van der Waals surface area contributed by atoms with E-state index in [1.165, 1.54) is 0 Å². The number of thiophene rings is 1. The maximum Gasteiger partial charge on any atom is 0.241 e. The van der Waals surface area contributed by atoms with Crippen LogP contribution in [0.15, 0.2) is 22.0 Å². The van der Waals surface area contributed by atoms with Crippen molar-refractivity contribution < 1.29 is 4.52 Å². The van der Waals surface area contributed by atoms with Gasteiger partial charge < -0.3 is 10.3 Å². The molecule has 1 aliphatic carbocycles. The number of hydrogen-bond donors (Lipinski definition) is 1. The summed E-state index contributed by atoms with van der Waals surface area (Å²) in [6.45, 7) is 0.707. The van der Waals surface area contributed by atoms with E-state index in [-0.39, 0.29) is 0 Å². The van der Waals surface area contributed by atoms with E-state index in [4.69, 9.17) is 10.3 Å². The molecule has 3 rings (SSSR count). The molecular formula is C14H20N4OS. The zero-order valence-electron chi connectivity index (χ0n) is 11.7. The first kappa shape index (κ1) is 13.7. The third kappa shape index (κ3) is 3.08. The summed E-state index contributed by atoms with van der Waals surface area (Å²) in [5.74, 6) is 1.37. The fourth-order valence-corrected chi connectivity index (χ4v) is 3.36. The molecule has 1 saturated carbocycles. The molecule has 108 valence electrons. The molecule has 0 saturated heterocycles. The van der Waals surface area contributed by atoms with Crippen LogP contribution in [0.4, 0.5) is 0 Å². The number of nitrogens with zero attached hydrogens (tertiary/aromatic N) is 3. The molecular weight excluding hydrogens is 272 g/mol. The zero-order valence-corrected chi connectivity index (χ0v) is 12.5. The summed E-state index contributed by atoms with van der Waals surface area (Å²) in [5.41, 5.74) is 5.95. The van der Waals surface area contributed by atoms with Gasteiger partial charge in [0.25, 0.3) is 0 Å². The lowest BCUT2D eigenvalue weighted by Gasteiger charge is -2.32. The van der Waals surface area contributed by atoms with E-state index in [0.29, 0.717) is 30.3 Å². The van der Waals surface area contributed by atoms with Gasteiger partial charge in [0.1, 0.15) is 0 Å².